The van der Waals surface area contributed by atoms with Crippen molar-refractivity contribution in [2.75, 3.05) is 11.9 Å². The van der Waals surface area contributed by atoms with Crippen molar-refractivity contribution in [3.8, 4) is 5.69 Å². The van der Waals surface area contributed by atoms with Gasteiger partial charge in [0.15, 0.2) is 0 Å². The molecule has 0 aliphatic rings. The summed E-state index contributed by atoms with van der Waals surface area (Å²) < 4.78 is 1.61. The van der Waals surface area contributed by atoms with Gasteiger partial charge in [-0.2, -0.15) is 0 Å². The van der Waals surface area contributed by atoms with Gasteiger partial charge in [0.05, 0.1) is 5.69 Å². The van der Waals surface area contributed by atoms with Crippen LogP contribution in [0.2, 0.25) is 5.02 Å². The van der Waals surface area contributed by atoms with Crippen LogP contribution in [-0.2, 0) is 0 Å². The topological polar surface area (TPSA) is 51.0 Å². The maximum atomic E-state index is 12.7. The molecule has 0 unspecified atom stereocenters. The summed E-state index contributed by atoms with van der Waals surface area (Å²) in [5.41, 5.74) is 2.70. The summed E-state index contributed by atoms with van der Waals surface area (Å²) in [5, 5.41) is 4.94. The van der Waals surface area contributed by atoms with Crippen molar-refractivity contribution in [1.82, 2.24) is 14.8 Å². The Labute approximate surface area is 145 Å². The predicted octanol–water partition coefficient (Wildman–Crippen LogP) is 3.81. The fraction of sp³-hybridized carbons (Fsp3) is 0.167. The van der Waals surface area contributed by atoms with Crippen LogP contribution < -0.4 is 4.90 Å². The number of aromatic nitrogens is 3. The molecule has 0 bridgehead atoms. The molecule has 0 spiro atoms. The number of hydrogen-bond acceptors (Lipinski definition) is 3. The van der Waals surface area contributed by atoms with Crippen LogP contribution in [0.1, 0.15) is 22.0 Å². The van der Waals surface area contributed by atoms with E-state index in [9.17, 15) is 4.79 Å². The van der Waals surface area contributed by atoms with E-state index < -0.39 is 0 Å². The SMILES string of the molecule is Cc1ccc(N(C)C(=O)c2nc(C)n(-c3cccc(Cl)c3)n2)cc1. The molecule has 0 saturated carbocycles. The lowest BCUT2D eigenvalue weighted by molar-refractivity contribution is 0.0983. The minimum Gasteiger partial charge on any atom is -0.309 e. The molecule has 2 aromatic carbocycles. The fourth-order valence-electron chi connectivity index (χ4n) is 2.37. The molecule has 0 atom stereocenters. The lowest BCUT2D eigenvalue weighted by atomic mass is 10.2. The van der Waals surface area contributed by atoms with E-state index in [0.717, 1.165) is 16.9 Å². The molecule has 0 aliphatic carbocycles. The van der Waals surface area contributed by atoms with Gasteiger partial charge >= 0.3 is 0 Å². The van der Waals surface area contributed by atoms with Gasteiger partial charge in [-0.25, -0.2) is 9.67 Å². The van der Waals surface area contributed by atoms with Crippen LogP contribution in [-0.4, -0.2) is 27.7 Å². The third-order valence-corrected chi connectivity index (χ3v) is 3.97. The van der Waals surface area contributed by atoms with Gasteiger partial charge in [-0.3, -0.25) is 4.79 Å². The summed E-state index contributed by atoms with van der Waals surface area (Å²) in [5.74, 6) is 0.510. The maximum absolute atomic E-state index is 12.7. The lowest BCUT2D eigenvalue weighted by Crippen LogP contribution is -2.27. The van der Waals surface area contributed by atoms with E-state index in [1.807, 2.05) is 43.3 Å². The Balaban J connectivity index is 1.91. The van der Waals surface area contributed by atoms with Gasteiger partial charge in [0.25, 0.3) is 5.91 Å². The Morgan fingerprint density at radius 1 is 1.12 bits per heavy atom. The highest BCUT2D eigenvalue weighted by Gasteiger charge is 2.20. The molecule has 24 heavy (non-hydrogen) atoms. The van der Waals surface area contributed by atoms with Crippen LogP contribution in [0.5, 0.6) is 0 Å². The molecular weight excluding hydrogens is 324 g/mol. The predicted molar refractivity (Wildman–Crippen MR) is 95.0 cm³/mol. The molecule has 0 aliphatic heterocycles. The molecule has 122 valence electrons. The molecule has 0 N–H and O–H groups in total. The van der Waals surface area contributed by atoms with Crippen LogP contribution in [0.3, 0.4) is 0 Å². The lowest BCUT2D eigenvalue weighted by Gasteiger charge is -2.15. The number of rotatable bonds is 3. The van der Waals surface area contributed by atoms with Crippen molar-refractivity contribution >= 4 is 23.2 Å². The first-order valence-electron chi connectivity index (χ1n) is 7.50. The van der Waals surface area contributed by atoms with Crippen molar-refractivity contribution in [2.45, 2.75) is 13.8 Å². The molecule has 3 rings (SSSR count). The normalized spacial score (nSPS) is 10.7. The Hall–Kier alpha value is -2.66. The summed E-state index contributed by atoms with van der Waals surface area (Å²) >= 11 is 6.02. The minimum absolute atomic E-state index is 0.149. The molecule has 1 amide bonds. The Kier molecular flexibility index (Phi) is 4.36. The standard InChI is InChI=1S/C18H17ClN4O/c1-12-7-9-15(10-8-12)22(3)18(24)17-20-13(2)23(21-17)16-6-4-5-14(19)11-16/h4-11H,1-3H3. The van der Waals surface area contributed by atoms with Gasteiger partial charge < -0.3 is 4.90 Å². The average molecular weight is 341 g/mol. The Morgan fingerprint density at radius 2 is 1.83 bits per heavy atom. The Bertz CT molecular complexity index is 886. The second-order valence-electron chi connectivity index (χ2n) is 5.57. The first-order chi connectivity index (χ1) is 11.5. The number of hydrogen-bond donors (Lipinski definition) is 0. The fourth-order valence-corrected chi connectivity index (χ4v) is 2.55. The van der Waals surface area contributed by atoms with Gasteiger partial charge in [-0.05, 0) is 44.2 Å². The largest absolute Gasteiger partial charge is 0.309 e. The Morgan fingerprint density at radius 3 is 2.50 bits per heavy atom. The van der Waals surface area contributed by atoms with E-state index in [2.05, 4.69) is 10.1 Å². The first kappa shape index (κ1) is 16.2. The highest BCUT2D eigenvalue weighted by Crippen LogP contribution is 2.18. The van der Waals surface area contributed by atoms with Crippen molar-refractivity contribution in [3.63, 3.8) is 0 Å². The quantitative estimate of drug-likeness (QED) is 0.728. The molecule has 5 nitrogen and oxygen atoms in total. The van der Waals surface area contributed by atoms with Crippen LogP contribution in [0.4, 0.5) is 5.69 Å². The van der Waals surface area contributed by atoms with Gasteiger partial charge in [0.1, 0.15) is 5.82 Å². The van der Waals surface area contributed by atoms with Crippen molar-refractivity contribution in [1.29, 1.82) is 0 Å². The van der Waals surface area contributed by atoms with E-state index in [1.54, 1.807) is 30.8 Å². The number of amides is 1. The number of carbonyl (C=O) groups excluding carboxylic acids is 1. The van der Waals surface area contributed by atoms with Crippen molar-refractivity contribution in [3.05, 3.63) is 70.8 Å². The monoisotopic (exact) mass is 340 g/mol. The van der Waals surface area contributed by atoms with E-state index >= 15 is 0 Å². The average Bonchev–Trinajstić information content (AvgIpc) is 2.96. The van der Waals surface area contributed by atoms with Crippen molar-refractivity contribution < 1.29 is 4.79 Å². The number of anilines is 1. The second kappa shape index (κ2) is 6.45. The van der Waals surface area contributed by atoms with E-state index in [-0.39, 0.29) is 11.7 Å². The van der Waals surface area contributed by atoms with Gasteiger partial charge in [0.2, 0.25) is 5.82 Å². The summed E-state index contributed by atoms with van der Waals surface area (Å²) in [6.45, 7) is 3.81. The summed E-state index contributed by atoms with van der Waals surface area (Å²) in [4.78, 5) is 18.5. The zero-order chi connectivity index (χ0) is 17.3. The number of nitrogens with zero attached hydrogens (tertiary/aromatic N) is 4. The summed E-state index contributed by atoms with van der Waals surface area (Å²) in [6.07, 6.45) is 0. The highest BCUT2D eigenvalue weighted by molar-refractivity contribution is 6.30. The number of carbonyl (C=O) groups is 1. The van der Waals surface area contributed by atoms with Crippen LogP contribution in [0.25, 0.3) is 5.69 Å². The summed E-state index contributed by atoms with van der Waals surface area (Å²) in [6, 6.07) is 15.0. The molecule has 1 aromatic heterocycles. The van der Waals surface area contributed by atoms with Crippen molar-refractivity contribution in [2.24, 2.45) is 0 Å². The third kappa shape index (κ3) is 3.16. The number of aryl methyl sites for hydroxylation is 2. The molecular formula is C18H17ClN4O. The molecule has 0 radical (unpaired) electrons. The smallest absolute Gasteiger partial charge is 0.297 e. The molecule has 0 fully saturated rings. The summed E-state index contributed by atoms with van der Waals surface area (Å²) in [7, 11) is 1.71. The molecule has 1 heterocycles. The van der Waals surface area contributed by atoms with E-state index in [0.29, 0.717) is 10.8 Å². The zero-order valence-corrected chi connectivity index (χ0v) is 14.4. The third-order valence-electron chi connectivity index (χ3n) is 3.74. The first-order valence-corrected chi connectivity index (χ1v) is 7.88. The number of halogens is 1. The van der Waals surface area contributed by atoms with Gasteiger partial charge in [0, 0.05) is 17.8 Å². The zero-order valence-electron chi connectivity index (χ0n) is 13.7. The molecule has 3 aromatic rings. The minimum atomic E-state index is -0.261. The second-order valence-corrected chi connectivity index (χ2v) is 6.01. The van der Waals surface area contributed by atoms with Gasteiger partial charge in [-0.15, -0.1) is 5.10 Å². The molecule has 0 saturated heterocycles. The van der Waals surface area contributed by atoms with Crippen LogP contribution in [0.15, 0.2) is 48.5 Å². The molecule has 6 heteroatoms. The van der Waals surface area contributed by atoms with E-state index in [4.69, 9.17) is 11.6 Å². The highest BCUT2D eigenvalue weighted by atomic mass is 35.5. The van der Waals surface area contributed by atoms with Crippen LogP contribution >= 0.6 is 11.6 Å². The number of benzene rings is 2. The maximum Gasteiger partial charge on any atom is 0.297 e. The van der Waals surface area contributed by atoms with E-state index in [1.165, 1.54) is 4.90 Å². The van der Waals surface area contributed by atoms with Crippen LogP contribution in [0, 0.1) is 13.8 Å². The van der Waals surface area contributed by atoms with Gasteiger partial charge in [-0.1, -0.05) is 35.4 Å².